The fourth-order valence-corrected chi connectivity index (χ4v) is 2.03. The summed E-state index contributed by atoms with van der Waals surface area (Å²) in [5, 5.41) is 0. The largest absolute Gasteiger partial charge is 0.381 e. The van der Waals surface area contributed by atoms with Gasteiger partial charge in [-0.3, -0.25) is 0 Å². The van der Waals surface area contributed by atoms with Crippen LogP contribution in [0.3, 0.4) is 0 Å². The van der Waals surface area contributed by atoms with Crippen molar-refractivity contribution in [2.24, 2.45) is 11.8 Å². The van der Waals surface area contributed by atoms with Crippen LogP contribution in [0.15, 0.2) is 0 Å². The van der Waals surface area contributed by atoms with Crippen molar-refractivity contribution in [3.05, 3.63) is 0 Å². The number of hydrogen-bond donors (Lipinski definition) is 0. The highest BCUT2D eigenvalue weighted by molar-refractivity contribution is 5.05. The van der Waals surface area contributed by atoms with E-state index >= 15 is 0 Å². The van der Waals surface area contributed by atoms with Crippen molar-refractivity contribution in [2.75, 3.05) is 27.2 Å². The molecule has 1 saturated heterocycles. The van der Waals surface area contributed by atoms with E-state index in [1.54, 1.807) is 0 Å². The van der Waals surface area contributed by atoms with Crippen LogP contribution in [0.1, 0.15) is 0 Å². The second-order valence-corrected chi connectivity index (χ2v) is 3.25. The average molecular weight is 127 g/mol. The van der Waals surface area contributed by atoms with E-state index in [2.05, 4.69) is 11.9 Å². The van der Waals surface area contributed by atoms with Gasteiger partial charge in [-0.2, -0.15) is 0 Å². The molecule has 2 fully saturated rings. The third-order valence-corrected chi connectivity index (χ3v) is 2.57. The van der Waals surface area contributed by atoms with E-state index in [4.69, 9.17) is 4.74 Å². The van der Waals surface area contributed by atoms with Crippen LogP contribution in [0, 0.1) is 11.8 Å². The molecule has 2 heteroatoms. The Morgan fingerprint density at radius 2 is 1.89 bits per heavy atom. The molecule has 0 amide bonds. The van der Waals surface area contributed by atoms with E-state index < -0.39 is 0 Å². The van der Waals surface area contributed by atoms with Gasteiger partial charge in [0.15, 0.2) is 0 Å². The molecule has 0 spiro atoms. The Kier molecular flexibility index (Phi) is 1.08. The Morgan fingerprint density at radius 1 is 1.33 bits per heavy atom. The molecule has 1 saturated carbocycles. The zero-order chi connectivity index (χ0) is 6.43. The van der Waals surface area contributed by atoms with Crippen molar-refractivity contribution >= 4 is 0 Å². The summed E-state index contributed by atoms with van der Waals surface area (Å²) in [5.41, 5.74) is 0. The summed E-state index contributed by atoms with van der Waals surface area (Å²) in [4.78, 5) is 2.38. The summed E-state index contributed by atoms with van der Waals surface area (Å²) in [6.07, 6.45) is 0.612. The molecule has 1 heterocycles. The Morgan fingerprint density at radius 3 is 2.33 bits per heavy atom. The standard InChI is InChI=1S/C7H13NO/c1-8-3-5-6(4-8)7(5)9-2/h5-7H,3-4H2,1-2H3/t5-,6?,7?/m0/s1. The number of hydrogen-bond acceptors (Lipinski definition) is 2. The van der Waals surface area contributed by atoms with Crippen LogP contribution in [-0.4, -0.2) is 38.3 Å². The SMILES string of the molecule is COC1C2CN(C)C[C@@H]21. The molecule has 52 valence electrons. The molecule has 3 atom stereocenters. The molecule has 2 unspecified atom stereocenters. The quantitative estimate of drug-likeness (QED) is 0.498. The predicted octanol–water partition coefficient (Wildman–Crippen LogP) is 0.193. The van der Waals surface area contributed by atoms with Gasteiger partial charge in [0.1, 0.15) is 0 Å². The molecule has 0 radical (unpaired) electrons. The summed E-state index contributed by atoms with van der Waals surface area (Å²) in [6.45, 7) is 2.51. The third-order valence-electron chi connectivity index (χ3n) is 2.57. The van der Waals surface area contributed by atoms with Crippen molar-refractivity contribution in [2.45, 2.75) is 6.10 Å². The maximum Gasteiger partial charge on any atom is 0.0660 e. The summed E-state index contributed by atoms with van der Waals surface area (Å²) in [6, 6.07) is 0. The van der Waals surface area contributed by atoms with E-state index in [0.29, 0.717) is 6.10 Å². The van der Waals surface area contributed by atoms with Gasteiger partial charge in [-0.05, 0) is 7.05 Å². The van der Waals surface area contributed by atoms with Gasteiger partial charge in [0, 0.05) is 32.0 Å². The highest BCUT2D eigenvalue weighted by Crippen LogP contribution is 2.46. The van der Waals surface area contributed by atoms with Gasteiger partial charge in [-0.1, -0.05) is 0 Å². The number of methoxy groups -OCH3 is 1. The Bertz CT molecular complexity index is 114. The molecule has 9 heavy (non-hydrogen) atoms. The molecule has 1 aliphatic carbocycles. The smallest absolute Gasteiger partial charge is 0.0660 e. The minimum absolute atomic E-state index is 0.612. The monoisotopic (exact) mass is 127 g/mol. The molecular weight excluding hydrogens is 114 g/mol. The third kappa shape index (κ3) is 0.700. The zero-order valence-corrected chi connectivity index (χ0v) is 6.00. The number of ether oxygens (including phenoxy) is 1. The van der Waals surface area contributed by atoms with Gasteiger partial charge in [0.25, 0.3) is 0 Å². The number of likely N-dealkylation sites (tertiary alicyclic amines) is 1. The Labute approximate surface area is 55.8 Å². The van der Waals surface area contributed by atoms with Crippen molar-refractivity contribution in [3.63, 3.8) is 0 Å². The number of piperidine rings is 1. The first-order chi connectivity index (χ1) is 4.33. The Balaban J connectivity index is 1.91. The molecule has 0 aromatic heterocycles. The lowest BCUT2D eigenvalue weighted by molar-refractivity contribution is 0.136. The van der Waals surface area contributed by atoms with Gasteiger partial charge in [-0.15, -0.1) is 0 Å². The predicted molar refractivity (Wildman–Crippen MR) is 35.3 cm³/mol. The summed E-state index contributed by atoms with van der Waals surface area (Å²) in [5.74, 6) is 1.75. The highest BCUT2D eigenvalue weighted by Gasteiger charge is 2.55. The lowest BCUT2D eigenvalue weighted by Crippen LogP contribution is -2.21. The summed E-state index contributed by atoms with van der Waals surface area (Å²) >= 11 is 0. The lowest BCUT2D eigenvalue weighted by atomic mass is 10.4. The van der Waals surface area contributed by atoms with Crippen molar-refractivity contribution in [1.29, 1.82) is 0 Å². The van der Waals surface area contributed by atoms with E-state index in [1.807, 2.05) is 7.11 Å². The first-order valence-electron chi connectivity index (χ1n) is 3.54. The Hall–Kier alpha value is -0.0800. The second-order valence-electron chi connectivity index (χ2n) is 3.25. The maximum absolute atomic E-state index is 5.25. The van der Waals surface area contributed by atoms with Crippen LogP contribution in [0.5, 0.6) is 0 Å². The molecule has 0 aromatic carbocycles. The van der Waals surface area contributed by atoms with Gasteiger partial charge < -0.3 is 9.64 Å². The van der Waals surface area contributed by atoms with Gasteiger partial charge >= 0.3 is 0 Å². The minimum atomic E-state index is 0.612. The van der Waals surface area contributed by atoms with Crippen LogP contribution in [-0.2, 0) is 4.74 Å². The zero-order valence-electron chi connectivity index (χ0n) is 6.00. The normalized spacial score (nSPS) is 49.3. The average Bonchev–Trinajstić information content (AvgIpc) is 2.30. The van der Waals surface area contributed by atoms with E-state index in [1.165, 1.54) is 13.1 Å². The molecular formula is C7H13NO. The van der Waals surface area contributed by atoms with E-state index in [0.717, 1.165) is 11.8 Å². The molecule has 2 rings (SSSR count). The molecule has 1 aliphatic heterocycles. The second kappa shape index (κ2) is 1.70. The minimum Gasteiger partial charge on any atom is -0.381 e. The van der Waals surface area contributed by atoms with Crippen molar-refractivity contribution in [3.8, 4) is 0 Å². The van der Waals surface area contributed by atoms with E-state index in [9.17, 15) is 0 Å². The molecule has 0 aromatic rings. The topological polar surface area (TPSA) is 12.5 Å². The number of rotatable bonds is 1. The molecule has 0 N–H and O–H groups in total. The van der Waals surface area contributed by atoms with Crippen LogP contribution in [0.2, 0.25) is 0 Å². The molecule has 2 aliphatic rings. The van der Waals surface area contributed by atoms with Crippen LogP contribution in [0.4, 0.5) is 0 Å². The number of nitrogens with zero attached hydrogens (tertiary/aromatic N) is 1. The fourth-order valence-electron chi connectivity index (χ4n) is 2.03. The first-order valence-corrected chi connectivity index (χ1v) is 3.54. The molecule has 2 nitrogen and oxygen atoms in total. The highest BCUT2D eigenvalue weighted by atomic mass is 16.5. The summed E-state index contributed by atoms with van der Waals surface area (Å²) < 4.78 is 5.25. The van der Waals surface area contributed by atoms with Crippen molar-refractivity contribution < 1.29 is 4.74 Å². The van der Waals surface area contributed by atoms with Gasteiger partial charge in [0.2, 0.25) is 0 Å². The van der Waals surface area contributed by atoms with E-state index in [-0.39, 0.29) is 0 Å². The summed E-state index contributed by atoms with van der Waals surface area (Å²) in [7, 11) is 4.00. The van der Waals surface area contributed by atoms with Gasteiger partial charge in [-0.25, -0.2) is 0 Å². The van der Waals surface area contributed by atoms with Gasteiger partial charge in [0.05, 0.1) is 6.10 Å². The van der Waals surface area contributed by atoms with Crippen LogP contribution < -0.4 is 0 Å². The van der Waals surface area contributed by atoms with Crippen LogP contribution in [0.25, 0.3) is 0 Å². The number of fused-ring (bicyclic) bond motifs is 1. The van der Waals surface area contributed by atoms with Crippen LogP contribution >= 0.6 is 0 Å². The first kappa shape index (κ1) is 5.69. The maximum atomic E-state index is 5.25. The fraction of sp³-hybridized carbons (Fsp3) is 1.00. The molecule has 0 bridgehead atoms. The lowest BCUT2D eigenvalue weighted by Gasteiger charge is -2.11. The van der Waals surface area contributed by atoms with Crippen molar-refractivity contribution in [1.82, 2.24) is 4.90 Å².